The molecule has 0 aliphatic rings. The highest BCUT2D eigenvalue weighted by Gasteiger charge is 1.96. The number of primary amides is 1. The Kier molecular flexibility index (Phi) is 2.69. The number of nitrogens with two attached hydrogens (primary N) is 2. The molecule has 0 aromatic heterocycles. The molecule has 0 unspecified atom stereocenters. The molecule has 0 aliphatic heterocycles. The fraction of sp³-hybridized carbons (Fsp3) is 0.222. The topological polar surface area (TPSA) is 69.1 Å². The molecule has 0 aliphatic carbocycles. The van der Waals surface area contributed by atoms with E-state index >= 15 is 0 Å². The standard InChI is InChI=1S/C9H12N2O/c10-8-3-1-2-7(6-8)4-5-9(11)12/h1-3,6H,4-5,10H2,(H2,11,12). The lowest BCUT2D eigenvalue weighted by molar-refractivity contribution is -0.117. The van der Waals surface area contributed by atoms with E-state index < -0.39 is 0 Å². The number of hydrogen-bond donors (Lipinski definition) is 2. The van der Waals surface area contributed by atoms with Crippen LogP contribution < -0.4 is 11.5 Å². The van der Waals surface area contributed by atoms with E-state index in [1.165, 1.54) is 0 Å². The first kappa shape index (κ1) is 8.59. The van der Waals surface area contributed by atoms with Crippen molar-refractivity contribution in [3.8, 4) is 0 Å². The fourth-order valence-corrected chi connectivity index (χ4v) is 1.02. The molecule has 4 N–H and O–H groups in total. The molecule has 1 rings (SSSR count). The Morgan fingerprint density at radius 3 is 2.75 bits per heavy atom. The average Bonchev–Trinajstić information content (AvgIpc) is 2.01. The number of anilines is 1. The lowest BCUT2D eigenvalue weighted by Gasteiger charge is -1.99. The van der Waals surface area contributed by atoms with Gasteiger partial charge in [-0.2, -0.15) is 0 Å². The van der Waals surface area contributed by atoms with E-state index in [0.717, 1.165) is 11.3 Å². The number of benzene rings is 1. The van der Waals surface area contributed by atoms with E-state index in [0.29, 0.717) is 12.8 Å². The van der Waals surface area contributed by atoms with Gasteiger partial charge in [-0.05, 0) is 24.1 Å². The minimum atomic E-state index is -0.280. The summed E-state index contributed by atoms with van der Waals surface area (Å²) in [6, 6.07) is 7.46. The van der Waals surface area contributed by atoms with Crippen molar-refractivity contribution in [1.29, 1.82) is 0 Å². The van der Waals surface area contributed by atoms with E-state index in [1.54, 1.807) is 0 Å². The van der Waals surface area contributed by atoms with Crippen LogP contribution in [0.25, 0.3) is 0 Å². The maximum Gasteiger partial charge on any atom is 0.217 e. The number of nitrogen functional groups attached to an aromatic ring is 1. The number of aryl methyl sites for hydroxylation is 1. The van der Waals surface area contributed by atoms with Crippen LogP contribution >= 0.6 is 0 Å². The molecular formula is C9H12N2O. The van der Waals surface area contributed by atoms with Crippen LogP contribution in [-0.4, -0.2) is 5.91 Å². The van der Waals surface area contributed by atoms with Crippen molar-refractivity contribution < 1.29 is 4.79 Å². The van der Waals surface area contributed by atoms with E-state index in [1.807, 2.05) is 24.3 Å². The largest absolute Gasteiger partial charge is 0.399 e. The second kappa shape index (κ2) is 3.76. The third-order valence-corrected chi connectivity index (χ3v) is 1.61. The predicted molar refractivity (Wildman–Crippen MR) is 48.4 cm³/mol. The van der Waals surface area contributed by atoms with Gasteiger partial charge in [0.1, 0.15) is 0 Å². The molecular weight excluding hydrogens is 152 g/mol. The number of carbonyl (C=O) groups is 1. The molecule has 1 aromatic rings. The van der Waals surface area contributed by atoms with Gasteiger partial charge in [-0.15, -0.1) is 0 Å². The Morgan fingerprint density at radius 2 is 2.17 bits per heavy atom. The molecule has 0 heterocycles. The van der Waals surface area contributed by atoms with Crippen LogP contribution in [0.1, 0.15) is 12.0 Å². The third kappa shape index (κ3) is 2.62. The van der Waals surface area contributed by atoms with Crippen molar-refractivity contribution >= 4 is 11.6 Å². The van der Waals surface area contributed by atoms with Gasteiger partial charge in [0.15, 0.2) is 0 Å². The zero-order valence-electron chi connectivity index (χ0n) is 6.79. The van der Waals surface area contributed by atoms with E-state index in [9.17, 15) is 4.79 Å². The molecule has 0 spiro atoms. The van der Waals surface area contributed by atoms with Crippen molar-refractivity contribution in [2.45, 2.75) is 12.8 Å². The van der Waals surface area contributed by atoms with Crippen molar-refractivity contribution in [2.24, 2.45) is 5.73 Å². The fourth-order valence-electron chi connectivity index (χ4n) is 1.02. The maximum absolute atomic E-state index is 10.4. The second-order valence-corrected chi connectivity index (χ2v) is 2.71. The normalized spacial score (nSPS) is 9.67. The SMILES string of the molecule is NC(=O)CCc1cccc(N)c1. The van der Waals surface area contributed by atoms with Gasteiger partial charge in [0.25, 0.3) is 0 Å². The molecule has 0 atom stereocenters. The van der Waals surface area contributed by atoms with Crippen LogP contribution in [0.3, 0.4) is 0 Å². The van der Waals surface area contributed by atoms with Crippen molar-refractivity contribution in [3.63, 3.8) is 0 Å². The number of carbonyl (C=O) groups excluding carboxylic acids is 1. The van der Waals surface area contributed by atoms with Gasteiger partial charge >= 0.3 is 0 Å². The molecule has 0 fully saturated rings. The summed E-state index contributed by atoms with van der Waals surface area (Å²) < 4.78 is 0. The third-order valence-electron chi connectivity index (χ3n) is 1.61. The highest BCUT2D eigenvalue weighted by atomic mass is 16.1. The van der Waals surface area contributed by atoms with Crippen LogP contribution in [0.5, 0.6) is 0 Å². The zero-order chi connectivity index (χ0) is 8.97. The Bertz CT molecular complexity index is 284. The van der Waals surface area contributed by atoms with Gasteiger partial charge in [-0.3, -0.25) is 4.79 Å². The summed E-state index contributed by atoms with van der Waals surface area (Å²) in [6.45, 7) is 0. The molecule has 3 heteroatoms. The van der Waals surface area contributed by atoms with Crippen molar-refractivity contribution in [3.05, 3.63) is 29.8 Å². The Hall–Kier alpha value is -1.51. The number of amides is 1. The molecule has 0 saturated carbocycles. The van der Waals surface area contributed by atoms with Gasteiger partial charge in [0.2, 0.25) is 5.91 Å². The van der Waals surface area contributed by atoms with Crippen molar-refractivity contribution in [1.82, 2.24) is 0 Å². The summed E-state index contributed by atoms with van der Waals surface area (Å²) in [5.74, 6) is -0.280. The Morgan fingerprint density at radius 1 is 1.42 bits per heavy atom. The smallest absolute Gasteiger partial charge is 0.217 e. The first-order chi connectivity index (χ1) is 5.68. The van der Waals surface area contributed by atoms with Gasteiger partial charge in [0, 0.05) is 12.1 Å². The second-order valence-electron chi connectivity index (χ2n) is 2.71. The summed E-state index contributed by atoms with van der Waals surface area (Å²) in [5, 5.41) is 0. The first-order valence-electron chi connectivity index (χ1n) is 3.81. The molecule has 3 nitrogen and oxygen atoms in total. The van der Waals surface area contributed by atoms with Crippen LogP contribution in [0.15, 0.2) is 24.3 Å². The highest BCUT2D eigenvalue weighted by molar-refractivity contribution is 5.74. The molecule has 0 bridgehead atoms. The van der Waals surface area contributed by atoms with Crippen LogP contribution in [0, 0.1) is 0 Å². The maximum atomic E-state index is 10.4. The molecule has 0 radical (unpaired) electrons. The quantitative estimate of drug-likeness (QED) is 0.645. The minimum absolute atomic E-state index is 0.280. The lowest BCUT2D eigenvalue weighted by Crippen LogP contribution is -2.11. The van der Waals surface area contributed by atoms with Gasteiger partial charge in [-0.1, -0.05) is 12.1 Å². The summed E-state index contributed by atoms with van der Waals surface area (Å²) in [5.41, 5.74) is 12.3. The van der Waals surface area contributed by atoms with E-state index in [4.69, 9.17) is 11.5 Å². The Labute approximate surface area is 71.4 Å². The van der Waals surface area contributed by atoms with Gasteiger partial charge < -0.3 is 11.5 Å². The molecule has 64 valence electrons. The van der Waals surface area contributed by atoms with E-state index in [2.05, 4.69) is 0 Å². The van der Waals surface area contributed by atoms with Crippen LogP contribution in [0.2, 0.25) is 0 Å². The summed E-state index contributed by atoms with van der Waals surface area (Å²) in [7, 11) is 0. The average molecular weight is 164 g/mol. The summed E-state index contributed by atoms with van der Waals surface area (Å²) in [4.78, 5) is 10.4. The molecule has 1 amide bonds. The summed E-state index contributed by atoms with van der Waals surface area (Å²) in [6.07, 6.45) is 1.05. The zero-order valence-corrected chi connectivity index (χ0v) is 6.79. The van der Waals surface area contributed by atoms with Crippen LogP contribution in [0.4, 0.5) is 5.69 Å². The van der Waals surface area contributed by atoms with Gasteiger partial charge in [0.05, 0.1) is 0 Å². The number of rotatable bonds is 3. The molecule has 12 heavy (non-hydrogen) atoms. The number of hydrogen-bond acceptors (Lipinski definition) is 2. The first-order valence-corrected chi connectivity index (χ1v) is 3.81. The minimum Gasteiger partial charge on any atom is -0.399 e. The van der Waals surface area contributed by atoms with Crippen molar-refractivity contribution in [2.75, 3.05) is 5.73 Å². The Balaban J connectivity index is 2.57. The lowest BCUT2D eigenvalue weighted by atomic mass is 10.1. The highest BCUT2D eigenvalue weighted by Crippen LogP contribution is 2.08. The molecule has 1 aromatic carbocycles. The predicted octanol–water partition coefficient (Wildman–Crippen LogP) is 0.687. The monoisotopic (exact) mass is 164 g/mol. The van der Waals surface area contributed by atoms with Crippen LogP contribution in [-0.2, 0) is 11.2 Å². The van der Waals surface area contributed by atoms with Gasteiger partial charge in [-0.25, -0.2) is 0 Å². The molecule has 0 saturated heterocycles. The summed E-state index contributed by atoms with van der Waals surface area (Å²) >= 11 is 0. The van der Waals surface area contributed by atoms with E-state index in [-0.39, 0.29) is 5.91 Å².